The lowest BCUT2D eigenvalue weighted by Crippen LogP contribution is -1.85. The summed E-state index contributed by atoms with van der Waals surface area (Å²) in [5, 5.41) is 9.20. The fraction of sp³-hybridized carbons (Fsp3) is 0.500. The molecule has 0 bridgehead atoms. The molecule has 1 aromatic carbocycles. The van der Waals surface area contributed by atoms with Crippen molar-refractivity contribution in [2.75, 3.05) is 0 Å². The Morgan fingerprint density at radius 2 is 2.15 bits per heavy atom. The second-order valence-corrected chi connectivity index (χ2v) is 3.38. The summed E-state index contributed by atoms with van der Waals surface area (Å²) < 4.78 is 0. The molecule has 0 heterocycles. The first-order valence-corrected chi connectivity index (χ1v) is 5.02. The minimum atomic E-state index is 0.351. The predicted octanol–water partition coefficient (Wildman–Crippen LogP) is 3.32. The van der Waals surface area contributed by atoms with Gasteiger partial charge in [-0.05, 0) is 36.6 Å². The van der Waals surface area contributed by atoms with Crippen LogP contribution in [0.2, 0.25) is 0 Å². The van der Waals surface area contributed by atoms with Crippen molar-refractivity contribution >= 4 is 0 Å². The zero-order valence-corrected chi connectivity index (χ0v) is 8.21. The van der Waals surface area contributed by atoms with E-state index >= 15 is 0 Å². The van der Waals surface area contributed by atoms with Gasteiger partial charge in [-0.2, -0.15) is 0 Å². The van der Waals surface area contributed by atoms with Crippen LogP contribution in [0.25, 0.3) is 0 Å². The zero-order chi connectivity index (χ0) is 9.52. The Morgan fingerprint density at radius 1 is 1.31 bits per heavy atom. The largest absolute Gasteiger partial charge is 0.508 e. The number of rotatable bonds is 5. The van der Waals surface area contributed by atoms with Crippen LogP contribution in [-0.2, 0) is 6.42 Å². The summed E-state index contributed by atoms with van der Waals surface area (Å²) in [6.45, 7) is 2.21. The molecule has 0 fully saturated rings. The van der Waals surface area contributed by atoms with E-state index in [1.54, 1.807) is 18.2 Å². The fourth-order valence-corrected chi connectivity index (χ4v) is 1.39. The predicted molar refractivity (Wildman–Crippen MR) is 54.8 cm³/mol. The van der Waals surface area contributed by atoms with Crippen LogP contribution in [0.1, 0.15) is 38.2 Å². The third kappa shape index (κ3) is 3.97. The Bertz CT molecular complexity index is 243. The molecule has 1 heteroatoms. The number of unbranched alkanes of at least 4 members (excludes halogenated alkanes) is 3. The molecule has 0 atom stereocenters. The van der Waals surface area contributed by atoms with Crippen molar-refractivity contribution < 1.29 is 5.11 Å². The van der Waals surface area contributed by atoms with Crippen LogP contribution in [0.15, 0.2) is 18.2 Å². The summed E-state index contributed by atoms with van der Waals surface area (Å²) >= 11 is 0. The van der Waals surface area contributed by atoms with E-state index < -0.39 is 0 Å². The number of phenols is 1. The van der Waals surface area contributed by atoms with Gasteiger partial charge < -0.3 is 5.11 Å². The molecular weight excluding hydrogens is 160 g/mol. The summed E-state index contributed by atoms with van der Waals surface area (Å²) in [5.74, 6) is 0.351. The van der Waals surface area contributed by atoms with Gasteiger partial charge in [0.1, 0.15) is 5.75 Å². The van der Waals surface area contributed by atoms with Crippen LogP contribution in [0.4, 0.5) is 0 Å². The fourth-order valence-electron chi connectivity index (χ4n) is 1.39. The van der Waals surface area contributed by atoms with Crippen LogP contribution in [0.3, 0.4) is 0 Å². The summed E-state index contributed by atoms with van der Waals surface area (Å²) in [6.07, 6.45) is 6.09. The van der Waals surface area contributed by atoms with Crippen molar-refractivity contribution in [3.63, 3.8) is 0 Å². The van der Waals surface area contributed by atoms with Gasteiger partial charge in [-0.15, -0.1) is 0 Å². The van der Waals surface area contributed by atoms with Crippen molar-refractivity contribution in [3.05, 3.63) is 29.8 Å². The number of hydrogen-bond acceptors (Lipinski definition) is 1. The van der Waals surface area contributed by atoms with Gasteiger partial charge in [0.05, 0.1) is 0 Å². The average molecular weight is 177 g/mol. The van der Waals surface area contributed by atoms with Crippen molar-refractivity contribution in [1.82, 2.24) is 0 Å². The molecule has 0 spiro atoms. The number of aryl methyl sites for hydroxylation is 1. The van der Waals surface area contributed by atoms with Gasteiger partial charge >= 0.3 is 0 Å². The Balaban J connectivity index is 2.28. The molecule has 1 radical (unpaired) electrons. The maximum Gasteiger partial charge on any atom is 0.115 e. The van der Waals surface area contributed by atoms with E-state index in [0.29, 0.717) is 5.75 Å². The molecule has 1 aromatic rings. The third-order valence-electron chi connectivity index (χ3n) is 2.14. The average Bonchev–Trinajstić information content (AvgIpc) is 2.13. The first kappa shape index (κ1) is 10.1. The van der Waals surface area contributed by atoms with Gasteiger partial charge in [-0.3, -0.25) is 0 Å². The highest BCUT2D eigenvalue weighted by Gasteiger charge is 1.94. The van der Waals surface area contributed by atoms with Crippen LogP contribution >= 0.6 is 0 Å². The van der Waals surface area contributed by atoms with Gasteiger partial charge in [-0.1, -0.05) is 32.3 Å². The van der Waals surface area contributed by atoms with E-state index in [2.05, 4.69) is 13.0 Å². The van der Waals surface area contributed by atoms with Gasteiger partial charge in [0.2, 0.25) is 0 Å². The lowest BCUT2D eigenvalue weighted by atomic mass is 10.1. The third-order valence-corrected chi connectivity index (χ3v) is 2.14. The quantitative estimate of drug-likeness (QED) is 0.684. The molecular formula is C12H17O. The summed E-state index contributed by atoms with van der Waals surface area (Å²) in [7, 11) is 0. The van der Waals surface area contributed by atoms with Crippen LogP contribution in [0, 0.1) is 6.07 Å². The van der Waals surface area contributed by atoms with Crippen LogP contribution in [0.5, 0.6) is 5.75 Å². The molecule has 0 aliphatic heterocycles. The highest BCUT2D eigenvalue weighted by molar-refractivity contribution is 5.26. The highest BCUT2D eigenvalue weighted by atomic mass is 16.3. The molecule has 0 amide bonds. The maximum absolute atomic E-state index is 9.20. The number of phenolic OH excluding ortho intramolecular Hbond substituents is 1. The van der Waals surface area contributed by atoms with Gasteiger partial charge in [0.25, 0.3) is 0 Å². The second-order valence-electron chi connectivity index (χ2n) is 3.38. The lowest BCUT2D eigenvalue weighted by Gasteiger charge is -2.00. The van der Waals surface area contributed by atoms with Crippen LogP contribution in [-0.4, -0.2) is 5.11 Å². The molecule has 0 aromatic heterocycles. The molecule has 0 aliphatic carbocycles. The van der Waals surface area contributed by atoms with E-state index in [0.717, 1.165) is 12.0 Å². The minimum Gasteiger partial charge on any atom is -0.508 e. The SMILES string of the molecule is CCCCCCc1[c]ccc(O)c1. The zero-order valence-electron chi connectivity index (χ0n) is 8.21. The Morgan fingerprint density at radius 3 is 2.85 bits per heavy atom. The molecule has 0 aliphatic rings. The molecule has 71 valence electrons. The van der Waals surface area contributed by atoms with Crippen molar-refractivity contribution in [2.24, 2.45) is 0 Å². The normalized spacial score (nSPS) is 10.2. The highest BCUT2D eigenvalue weighted by Crippen LogP contribution is 2.13. The van der Waals surface area contributed by atoms with E-state index in [1.807, 2.05) is 0 Å². The van der Waals surface area contributed by atoms with Crippen molar-refractivity contribution in [3.8, 4) is 5.75 Å². The summed E-state index contributed by atoms with van der Waals surface area (Å²) in [6, 6.07) is 8.37. The molecule has 1 nitrogen and oxygen atoms in total. The molecule has 0 saturated carbocycles. The first-order chi connectivity index (χ1) is 6.33. The van der Waals surface area contributed by atoms with Crippen molar-refractivity contribution in [2.45, 2.75) is 39.0 Å². The standard InChI is InChI=1S/C12H17O/c1-2-3-4-5-7-11-8-6-9-12(13)10-11/h6,9-10,13H,2-5,7H2,1H3. The molecule has 1 rings (SSSR count). The smallest absolute Gasteiger partial charge is 0.115 e. The minimum absolute atomic E-state index is 0.351. The van der Waals surface area contributed by atoms with Crippen molar-refractivity contribution in [1.29, 1.82) is 0 Å². The Hall–Kier alpha value is -0.980. The van der Waals surface area contributed by atoms with E-state index in [4.69, 9.17) is 0 Å². The summed E-state index contributed by atoms with van der Waals surface area (Å²) in [4.78, 5) is 0. The van der Waals surface area contributed by atoms with E-state index in [9.17, 15) is 5.11 Å². The van der Waals surface area contributed by atoms with E-state index in [-0.39, 0.29) is 0 Å². The summed E-state index contributed by atoms with van der Waals surface area (Å²) in [5.41, 5.74) is 1.12. The van der Waals surface area contributed by atoms with Crippen LogP contribution < -0.4 is 0 Å². The number of benzene rings is 1. The molecule has 13 heavy (non-hydrogen) atoms. The first-order valence-electron chi connectivity index (χ1n) is 5.02. The topological polar surface area (TPSA) is 20.2 Å². The molecule has 1 N–H and O–H groups in total. The second kappa shape index (κ2) is 5.63. The Kier molecular flexibility index (Phi) is 4.37. The lowest BCUT2D eigenvalue weighted by molar-refractivity contribution is 0.474. The van der Waals surface area contributed by atoms with E-state index in [1.165, 1.54) is 25.7 Å². The van der Waals surface area contributed by atoms with Gasteiger partial charge in [0, 0.05) is 0 Å². The maximum atomic E-state index is 9.20. The van der Waals surface area contributed by atoms with Gasteiger partial charge in [0.15, 0.2) is 0 Å². The number of hydrogen-bond donors (Lipinski definition) is 1. The molecule has 0 saturated heterocycles. The molecule has 0 unspecified atom stereocenters. The van der Waals surface area contributed by atoms with Gasteiger partial charge in [-0.25, -0.2) is 0 Å². The monoisotopic (exact) mass is 177 g/mol. The number of aromatic hydroxyl groups is 1. The Labute approximate surface area is 80.4 Å².